The number of aromatic hydroxyl groups is 1. The van der Waals surface area contributed by atoms with Crippen molar-refractivity contribution in [3.63, 3.8) is 0 Å². The van der Waals surface area contributed by atoms with Gasteiger partial charge in [-0.2, -0.15) is 0 Å². The SMILES string of the molecule is CC(O)c1cc2c(O)cccc2s1. The molecule has 0 saturated carbocycles. The fraction of sp³-hybridized carbons (Fsp3) is 0.200. The zero-order valence-corrected chi connectivity index (χ0v) is 8.01. The molecule has 1 aromatic carbocycles. The van der Waals surface area contributed by atoms with Gasteiger partial charge in [-0.05, 0) is 25.1 Å². The van der Waals surface area contributed by atoms with Gasteiger partial charge in [0.05, 0.1) is 6.10 Å². The van der Waals surface area contributed by atoms with E-state index in [0.29, 0.717) is 0 Å². The molecule has 0 aliphatic rings. The maximum absolute atomic E-state index is 9.49. The summed E-state index contributed by atoms with van der Waals surface area (Å²) in [6.07, 6.45) is -0.461. The minimum absolute atomic E-state index is 0.278. The lowest BCUT2D eigenvalue weighted by Crippen LogP contribution is -1.83. The predicted octanol–water partition coefficient (Wildman–Crippen LogP) is 2.66. The Morgan fingerprint density at radius 2 is 2.15 bits per heavy atom. The van der Waals surface area contributed by atoms with Crippen LogP contribution in [-0.2, 0) is 0 Å². The lowest BCUT2D eigenvalue weighted by Gasteiger charge is -1.95. The van der Waals surface area contributed by atoms with E-state index in [1.54, 1.807) is 19.1 Å². The second kappa shape index (κ2) is 3.01. The van der Waals surface area contributed by atoms with Crippen LogP contribution in [0.3, 0.4) is 0 Å². The van der Waals surface area contributed by atoms with Crippen molar-refractivity contribution in [2.75, 3.05) is 0 Å². The Morgan fingerprint density at radius 1 is 1.38 bits per heavy atom. The molecule has 0 spiro atoms. The number of hydrogen-bond donors (Lipinski definition) is 2. The van der Waals surface area contributed by atoms with Gasteiger partial charge in [-0.25, -0.2) is 0 Å². The zero-order valence-electron chi connectivity index (χ0n) is 7.19. The number of rotatable bonds is 1. The van der Waals surface area contributed by atoms with Gasteiger partial charge in [-0.1, -0.05) is 6.07 Å². The summed E-state index contributed by atoms with van der Waals surface area (Å²) >= 11 is 1.51. The summed E-state index contributed by atoms with van der Waals surface area (Å²) in [6.45, 7) is 1.72. The van der Waals surface area contributed by atoms with Gasteiger partial charge in [-0.15, -0.1) is 11.3 Å². The molecule has 0 amide bonds. The van der Waals surface area contributed by atoms with E-state index in [1.807, 2.05) is 12.1 Å². The lowest BCUT2D eigenvalue weighted by atomic mass is 10.2. The number of aliphatic hydroxyl groups excluding tert-OH is 1. The molecule has 13 heavy (non-hydrogen) atoms. The Balaban J connectivity index is 2.68. The lowest BCUT2D eigenvalue weighted by molar-refractivity contribution is 0.203. The van der Waals surface area contributed by atoms with Gasteiger partial charge in [-0.3, -0.25) is 0 Å². The normalized spacial score (nSPS) is 13.4. The van der Waals surface area contributed by atoms with E-state index in [9.17, 15) is 10.2 Å². The van der Waals surface area contributed by atoms with Crippen molar-refractivity contribution in [1.82, 2.24) is 0 Å². The monoisotopic (exact) mass is 194 g/mol. The highest BCUT2D eigenvalue weighted by atomic mass is 32.1. The number of phenols is 1. The van der Waals surface area contributed by atoms with Crippen LogP contribution in [0.4, 0.5) is 0 Å². The summed E-state index contributed by atoms with van der Waals surface area (Å²) < 4.78 is 1.01. The highest BCUT2D eigenvalue weighted by Crippen LogP contribution is 2.34. The van der Waals surface area contributed by atoms with E-state index in [4.69, 9.17) is 0 Å². The van der Waals surface area contributed by atoms with E-state index < -0.39 is 6.10 Å². The van der Waals surface area contributed by atoms with Crippen LogP contribution in [0.15, 0.2) is 24.3 Å². The number of fused-ring (bicyclic) bond motifs is 1. The molecule has 1 atom stereocenters. The van der Waals surface area contributed by atoms with Crippen LogP contribution >= 0.6 is 11.3 Å². The maximum atomic E-state index is 9.49. The standard InChI is InChI=1S/C10H10O2S/c1-6(11)10-5-7-8(12)3-2-4-9(7)13-10/h2-6,11-12H,1H3. The van der Waals surface area contributed by atoms with Gasteiger partial charge >= 0.3 is 0 Å². The van der Waals surface area contributed by atoms with Gasteiger partial charge in [0.2, 0.25) is 0 Å². The molecule has 2 N–H and O–H groups in total. The Kier molecular flexibility index (Phi) is 1.98. The van der Waals surface area contributed by atoms with Crippen molar-refractivity contribution < 1.29 is 10.2 Å². The topological polar surface area (TPSA) is 40.5 Å². The van der Waals surface area contributed by atoms with Crippen molar-refractivity contribution in [2.24, 2.45) is 0 Å². The Bertz CT molecular complexity index is 431. The van der Waals surface area contributed by atoms with Crippen molar-refractivity contribution >= 4 is 21.4 Å². The summed E-state index contributed by atoms with van der Waals surface area (Å²) in [5, 5.41) is 19.7. The van der Waals surface area contributed by atoms with E-state index in [0.717, 1.165) is 15.0 Å². The second-order valence-corrected chi connectivity index (χ2v) is 4.13. The molecule has 0 aliphatic heterocycles. The third-order valence-corrected chi connectivity index (χ3v) is 3.24. The Morgan fingerprint density at radius 3 is 2.77 bits per heavy atom. The molecule has 0 fully saturated rings. The van der Waals surface area contributed by atoms with Gasteiger partial charge in [0, 0.05) is 15.0 Å². The summed E-state index contributed by atoms with van der Waals surface area (Å²) in [4.78, 5) is 0.886. The smallest absolute Gasteiger partial charge is 0.124 e. The molecule has 0 radical (unpaired) electrons. The summed E-state index contributed by atoms with van der Waals surface area (Å²) in [7, 11) is 0. The van der Waals surface area contributed by atoms with Crippen molar-refractivity contribution in [3.8, 4) is 5.75 Å². The molecular formula is C10H10O2S. The summed E-state index contributed by atoms with van der Waals surface area (Å²) in [5.41, 5.74) is 0. The molecule has 3 heteroatoms. The average molecular weight is 194 g/mol. The van der Waals surface area contributed by atoms with Crippen LogP contribution in [0.5, 0.6) is 5.75 Å². The number of benzene rings is 1. The van der Waals surface area contributed by atoms with Gasteiger partial charge in [0.1, 0.15) is 5.75 Å². The minimum Gasteiger partial charge on any atom is -0.507 e. The second-order valence-electron chi connectivity index (χ2n) is 3.01. The van der Waals surface area contributed by atoms with Crippen molar-refractivity contribution in [3.05, 3.63) is 29.1 Å². The van der Waals surface area contributed by atoms with Crippen LogP contribution in [0.2, 0.25) is 0 Å². The predicted molar refractivity (Wildman–Crippen MR) is 54.1 cm³/mol. The van der Waals surface area contributed by atoms with E-state index >= 15 is 0 Å². The highest BCUT2D eigenvalue weighted by Gasteiger charge is 2.08. The van der Waals surface area contributed by atoms with Crippen molar-refractivity contribution in [2.45, 2.75) is 13.0 Å². The molecule has 68 valence electrons. The maximum Gasteiger partial charge on any atom is 0.124 e. The zero-order chi connectivity index (χ0) is 9.42. The summed E-state index contributed by atoms with van der Waals surface area (Å²) in [5.74, 6) is 0.278. The first-order valence-electron chi connectivity index (χ1n) is 4.08. The average Bonchev–Trinajstić information content (AvgIpc) is 2.49. The van der Waals surface area contributed by atoms with Crippen LogP contribution in [-0.4, -0.2) is 10.2 Å². The molecule has 0 aliphatic carbocycles. The first-order chi connectivity index (χ1) is 6.18. The molecule has 2 nitrogen and oxygen atoms in total. The first kappa shape index (κ1) is 8.53. The molecule has 2 rings (SSSR count). The largest absolute Gasteiger partial charge is 0.507 e. The number of thiophene rings is 1. The van der Waals surface area contributed by atoms with E-state index in [-0.39, 0.29) is 5.75 Å². The first-order valence-corrected chi connectivity index (χ1v) is 4.89. The fourth-order valence-corrected chi connectivity index (χ4v) is 2.29. The molecule has 1 heterocycles. The fourth-order valence-electron chi connectivity index (χ4n) is 1.27. The third-order valence-electron chi connectivity index (χ3n) is 1.97. The molecule has 0 saturated heterocycles. The van der Waals surface area contributed by atoms with Crippen LogP contribution in [0.1, 0.15) is 17.9 Å². The van der Waals surface area contributed by atoms with Crippen LogP contribution < -0.4 is 0 Å². The quantitative estimate of drug-likeness (QED) is 0.732. The Hall–Kier alpha value is -1.06. The van der Waals surface area contributed by atoms with E-state index in [2.05, 4.69) is 0 Å². The highest BCUT2D eigenvalue weighted by molar-refractivity contribution is 7.19. The molecular weight excluding hydrogens is 184 g/mol. The molecule has 1 unspecified atom stereocenters. The molecule has 2 aromatic rings. The van der Waals surface area contributed by atoms with Crippen molar-refractivity contribution in [1.29, 1.82) is 0 Å². The van der Waals surface area contributed by atoms with Gasteiger partial charge in [0.15, 0.2) is 0 Å². The minimum atomic E-state index is -0.461. The van der Waals surface area contributed by atoms with Crippen LogP contribution in [0, 0.1) is 0 Å². The number of hydrogen-bond acceptors (Lipinski definition) is 3. The van der Waals surface area contributed by atoms with Gasteiger partial charge < -0.3 is 10.2 Å². The number of aliphatic hydroxyl groups is 1. The summed E-state index contributed by atoms with van der Waals surface area (Å²) in [6, 6.07) is 7.23. The number of phenolic OH excluding ortho intramolecular Hbond substituents is 1. The van der Waals surface area contributed by atoms with E-state index in [1.165, 1.54) is 11.3 Å². The Labute approximate surface area is 80.1 Å². The third kappa shape index (κ3) is 1.41. The van der Waals surface area contributed by atoms with Crippen LogP contribution in [0.25, 0.3) is 10.1 Å². The van der Waals surface area contributed by atoms with Gasteiger partial charge in [0.25, 0.3) is 0 Å². The molecule has 0 bridgehead atoms. The molecule has 1 aromatic heterocycles.